The van der Waals surface area contributed by atoms with E-state index in [1.165, 1.54) is 0 Å². The second kappa shape index (κ2) is 6.86. The van der Waals surface area contributed by atoms with Crippen LogP contribution in [0.4, 0.5) is 0 Å². The van der Waals surface area contributed by atoms with Gasteiger partial charge in [-0.15, -0.1) is 0 Å². The zero-order valence-corrected chi connectivity index (χ0v) is 10.9. The van der Waals surface area contributed by atoms with E-state index < -0.39 is 0 Å². The molecule has 0 fully saturated rings. The van der Waals surface area contributed by atoms with Crippen LogP contribution in [0.1, 0.15) is 12.1 Å². The molecule has 2 N–H and O–H groups in total. The summed E-state index contributed by atoms with van der Waals surface area (Å²) < 4.78 is 11.5. The molecule has 0 saturated carbocycles. The number of hydrogen-bond donors (Lipinski definition) is 2. The lowest BCUT2D eigenvalue weighted by Gasteiger charge is -2.00. The number of benzene rings is 1. The average molecular weight is 264 g/mol. The van der Waals surface area contributed by atoms with Crippen LogP contribution in [-0.4, -0.2) is 25.5 Å². The highest BCUT2D eigenvalue weighted by molar-refractivity contribution is 5.21. The Morgan fingerprint density at radius 1 is 1.37 bits per heavy atom. The molecule has 0 aliphatic heterocycles. The highest BCUT2D eigenvalue weighted by Crippen LogP contribution is 1.97. The molecule has 0 bridgehead atoms. The Morgan fingerprint density at radius 3 is 2.89 bits per heavy atom. The molecule has 0 unspecified atom stereocenters. The Bertz CT molecular complexity index is 548. The van der Waals surface area contributed by atoms with Gasteiger partial charge in [-0.3, -0.25) is 4.52 Å². The van der Waals surface area contributed by atoms with Gasteiger partial charge in [0.1, 0.15) is 0 Å². The molecule has 0 aliphatic rings. The summed E-state index contributed by atoms with van der Waals surface area (Å²) in [6, 6.07) is 9.54. The fourth-order valence-electron chi connectivity index (χ4n) is 1.78. The van der Waals surface area contributed by atoms with E-state index in [0.717, 1.165) is 18.7 Å². The van der Waals surface area contributed by atoms with Crippen LogP contribution in [0.2, 0.25) is 0 Å². The standard InChI is InChI=1S/C13H17N3O3/c1-18-9-5-8-14-10-12-13(17)19-15-16(12)11-6-3-2-4-7-11/h2-4,6-7,14H,5,8-10H2,1H3/p+1. The van der Waals surface area contributed by atoms with Gasteiger partial charge >= 0.3 is 11.3 Å². The predicted octanol–water partition coefficient (Wildman–Crippen LogP) is 0.371. The zero-order chi connectivity index (χ0) is 13.5. The summed E-state index contributed by atoms with van der Waals surface area (Å²) in [4.78, 5) is 11.6. The molecule has 2 rings (SSSR count). The lowest BCUT2D eigenvalue weighted by molar-refractivity contribution is -0.677. The van der Waals surface area contributed by atoms with Crippen molar-refractivity contribution in [1.29, 1.82) is 0 Å². The van der Waals surface area contributed by atoms with Crippen molar-refractivity contribution < 1.29 is 13.9 Å². The number of nitrogens with zero attached hydrogens (tertiary/aromatic N) is 1. The predicted molar refractivity (Wildman–Crippen MR) is 69.1 cm³/mol. The van der Waals surface area contributed by atoms with Gasteiger partial charge in [0.15, 0.2) is 0 Å². The topological polar surface area (TPSA) is 71.1 Å². The van der Waals surface area contributed by atoms with Crippen LogP contribution in [0.5, 0.6) is 0 Å². The monoisotopic (exact) mass is 264 g/mol. The largest absolute Gasteiger partial charge is 0.431 e. The third kappa shape index (κ3) is 3.52. The van der Waals surface area contributed by atoms with E-state index >= 15 is 0 Å². The smallest absolute Gasteiger partial charge is 0.385 e. The number of aromatic amines is 1. The summed E-state index contributed by atoms with van der Waals surface area (Å²) in [6.45, 7) is 1.94. The minimum atomic E-state index is -0.358. The summed E-state index contributed by atoms with van der Waals surface area (Å²) in [5.41, 5.74) is 1.05. The van der Waals surface area contributed by atoms with Crippen LogP contribution in [-0.2, 0) is 11.3 Å². The number of rotatable bonds is 7. The number of aromatic nitrogens is 2. The second-order valence-electron chi connectivity index (χ2n) is 4.12. The maximum Gasteiger partial charge on any atom is 0.431 e. The fourth-order valence-corrected chi connectivity index (χ4v) is 1.78. The van der Waals surface area contributed by atoms with Gasteiger partial charge in [0.25, 0.3) is 0 Å². The lowest BCUT2D eigenvalue weighted by atomic mass is 10.3. The number of ether oxygens (including phenoxy) is 1. The van der Waals surface area contributed by atoms with Gasteiger partial charge in [-0.2, -0.15) is 0 Å². The van der Waals surface area contributed by atoms with Gasteiger partial charge in [0, 0.05) is 25.8 Å². The number of hydrogen-bond acceptors (Lipinski definition) is 4. The molecule has 0 aliphatic carbocycles. The molecule has 6 heteroatoms. The minimum absolute atomic E-state index is 0.358. The summed E-state index contributed by atoms with van der Waals surface area (Å²) in [5.74, 6) is 0. The Morgan fingerprint density at radius 2 is 2.16 bits per heavy atom. The molecule has 0 amide bonds. The highest BCUT2D eigenvalue weighted by Gasteiger charge is 2.22. The first-order valence-corrected chi connectivity index (χ1v) is 6.20. The van der Waals surface area contributed by atoms with Crippen molar-refractivity contribution in [3.8, 4) is 5.69 Å². The molecule has 1 aromatic heterocycles. The van der Waals surface area contributed by atoms with Crippen LogP contribution < -0.4 is 15.6 Å². The third-order valence-corrected chi connectivity index (χ3v) is 2.74. The number of H-pyrrole nitrogens is 1. The molecular weight excluding hydrogens is 246 g/mol. The van der Waals surface area contributed by atoms with E-state index in [-0.39, 0.29) is 5.63 Å². The van der Waals surface area contributed by atoms with Gasteiger partial charge in [-0.25, -0.2) is 4.79 Å². The molecular formula is C13H18N3O3+. The Balaban J connectivity index is 2.04. The Labute approximate surface area is 111 Å². The summed E-state index contributed by atoms with van der Waals surface area (Å²) in [5, 5.41) is 5.80. The normalized spacial score (nSPS) is 10.8. The van der Waals surface area contributed by atoms with Crippen molar-refractivity contribution in [1.82, 2.24) is 10.6 Å². The van der Waals surface area contributed by atoms with Crippen molar-refractivity contribution in [3.63, 3.8) is 0 Å². The van der Waals surface area contributed by atoms with E-state index in [0.29, 0.717) is 18.8 Å². The molecule has 0 spiro atoms. The van der Waals surface area contributed by atoms with Crippen molar-refractivity contribution >= 4 is 0 Å². The van der Waals surface area contributed by atoms with Crippen LogP contribution >= 0.6 is 0 Å². The maximum absolute atomic E-state index is 11.6. The van der Waals surface area contributed by atoms with Gasteiger partial charge in [-0.1, -0.05) is 18.2 Å². The van der Waals surface area contributed by atoms with E-state index in [2.05, 4.69) is 10.6 Å². The van der Waals surface area contributed by atoms with E-state index in [1.54, 1.807) is 11.8 Å². The summed E-state index contributed by atoms with van der Waals surface area (Å²) in [7, 11) is 1.67. The Hall–Kier alpha value is -1.92. The Kier molecular flexibility index (Phi) is 4.88. The summed E-state index contributed by atoms with van der Waals surface area (Å²) >= 11 is 0. The molecule has 0 radical (unpaired) electrons. The van der Waals surface area contributed by atoms with Crippen LogP contribution in [0.3, 0.4) is 0 Å². The lowest BCUT2D eigenvalue weighted by Crippen LogP contribution is -2.40. The van der Waals surface area contributed by atoms with Crippen LogP contribution in [0.25, 0.3) is 5.69 Å². The second-order valence-corrected chi connectivity index (χ2v) is 4.12. The quantitative estimate of drug-likeness (QED) is 0.560. The molecule has 19 heavy (non-hydrogen) atoms. The molecule has 0 saturated heterocycles. The molecule has 2 aromatic rings. The maximum atomic E-state index is 11.6. The first kappa shape index (κ1) is 13.5. The van der Waals surface area contributed by atoms with Gasteiger partial charge in [0.2, 0.25) is 5.69 Å². The van der Waals surface area contributed by atoms with Crippen LogP contribution in [0.15, 0.2) is 39.6 Å². The minimum Gasteiger partial charge on any atom is -0.385 e. The molecule has 6 nitrogen and oxygen atoms in total. The van der Waals surface area contributed by atoms with E-state index in [1.807, 2.05) is 30.3 Å². The molecule has 0 atom stereocenters. The van der Waals surface area contributed by atoms with Crippen molar-refractivity contribution in [3.05, 3.63) is 46.4 Å². The fraction of sp³-hybridized carbons (Fsp3) is 0.385. The zero-order valence-electron chi connectivity index (χ0n) is 10.9. The number of para-hydroxylation sites is 1. The number of nitrogens with one attached hydrogen (secondary N) is 2. The number of methoxy groups -OCH3 is 1. The van der Waals surface area contributed by atoms with Crippen molar-refractivity contribution in [2.75, 3.05) is 20.3 Å². The highest BCUT2D eigenvalue weighted by atomic mass is 16.5. The van der Waals surface area contributed by atoms with Crippen LogP contribution in [0, 0.1) is 0 Å². The SMILES string of the molecule is COCCCNCc1c(=O)o[nH][n+]1-c1ccccc1. The van der Waals surface area contributed by atoms with Crippen molar-refractivity contribution in [2.24, 2.45) is 0 Å². The van der Waals surface area contributed by atoms with Crippen molar-refractivity contribution in [2.45, 2.75) is 13.0 Å². The first-order chi connectivity index (χ1) is 9.33. The summed E-state index contributed by atoms with van der Waals surface area (Å²) in [6.07, 6.45) is 0.900. The third-order valence-electron chi connectivity index (χ3n) is 2.74. The van der Waals surface area contributed by atoms with Gasteiger partial charge in [-0.05, 0) is 22.9 Å². The van der Waals surface area contributed by atoms with Gasteiger partial charge < -0.3 is 10.1 Å². The van der Waals surface area contributed by atoms with E-state index in [9.17, 15) is 4.79 Å². The average Bonchev–Trinajstić information content (AvgIpc) is 2.81. The first-order valence-electron chi connectivity index (χ1n) is 6.20. The van der Waals surface area contributed by atoms with E-state index in [4.69, 9.17) is 9.26 Å². The molecule has 102 valence electrons. The molecule has 1 aromatic carbocycles. The van der Waals surface area contributed by atoms with Gasteiger partial charge in [0.05, 0.1) is 6.54 Å². The molecule has 1 heterocycles.